The van der Waals surface area contributed by atoms with Crippen molar-refractivity contribution in [1.29, 1.82) is 0 Å². The topological polar surface area (TPSA) is 103 Å². The molecule has 0 spiro atoms. The number of carbonyl (C=O) groups is 1. The maximum absolute atomic E-state index is 13.0. The number of piperazine rings is 1. The van der Waals surface area contributed by atoms with Gasteiger partial charge in [0.2, 0.25) is 0 Å². The van der Waals surface area contributed by atoms with E-state index in [1.807, 2.05) is 12.1 Å². The van der Waals surface area contributed by atoms with Crippen molar-refractivity contribution in [3.8, 4) is 0 Å². The van der Waals surface area contributed by atoms with Gasteiger partial charge in [-0.05, 0) is 42.5 Å². The van der Waals surface area contributed by atoms with Gasteiger partial charge in [0, 0.05) is 32.7 Å². The van der Waals surface area contributed by atoms with Crippen LogP contribution in [0.2, 0.25) is 0 Å². The van der Waals surface area contributed by atoms with Gasteiger partial charge in [-0.1, -0.05) is 39.3 Å². The third-order valence-electron chi connectivity index (χ3n) is 5.47. The number of benzene rings is 1. The van der Waals surface area contributed by atoms with Crippen LogP contribution in [0.3, 0.4) is 0 Å². The highest BCUT2D eigenvalue weighted by Gasteiger charge is 2.22. The molecule has 8 nitrogen and oxygen atoms in total. The molecule has 0 aliphatic carbocycles. The van der Waals surface area contributed by atoms with Gasteiger partial charge in [-0.3, -0.25) is 9.52 Å². The summed E-state index contributed by atoms with van der Waals surface area (Å²) in [4.78, 5) is 19.6. The first kappa shape index (κ1) is 25.0. The highest BCUT2D eigenvalue weighted by atomic mass is 32.2. The van der Waals surface area contributed by atoms with Gasteiger partial charge in [0.1, 0.15) is 5.82 Å². The Bertz CT molecular complexity index is 1030. The minimum absolute atomic E-state index is 0.176. The molecule has 1 amide bonds. The Hall–Kier alpha value is -2.65. The molecule has 0 bridgehead atoms. The Morgan fingerprint density at radius 3 is 2.52 bits per heavy atom. The van der Waals surface area contributed by atoms with E-state index in [9.17, 15) is 13.2 Å². The van der Waals surface area contributed by atoms with Crippen LogP contribution < -0.4 is 20.3 Å². The first-order chi connectivity index (χ1) is 15.8. The second kappa shape index (κ2) is 11.5. The van der Waals surface area contributed by atoms with E-state index in [1.165, 1.54) is 6.20 Å². The van der Waals surface area contributed by atoms with Gasteiger partial charge in [-0.15, -0.1) is 0 Å². The fourth-order valence-corrected chi connectivity index (χ4v) is 4.81. The molecule has 0 unspecified atom stereocenters. The molecule has 0 atom stereocenters. The molecule has 0 radical (unpaired) electrons. The zero-order valence-corrected chi connectivity index (χ0v) is 20.5. The summed E-state index contributed by atoms with van der Waals surface area (Å²) in [6.45, 7) is 9.95. The summed E-state index contributed by atoms with van der Waals surface area (Å²) in [5, 5.41) is 6.21. The van der Waals surface area contributed by atoms with Gasteiger partial charge in [0.15, 0.2) is 0 Å². The monoisotopic (exact) mass is 473 g/mol. The van der Waals surface area contributed by atoms with Crippen LogP contribution in [-0.2, 0) is 16.4 Å². The van der Waals surface area contributed by atoms with Crippen LogP contribution in [0.25, 0.3) is 0 Å². The molecule has 1 fully saturated rings. The third-order valence-corrected chi connectivity index (χ3v) is 6.87. The predicted octanol–water partition coefficient (Wildman–Crippen LogP) is 3.02. The van der Waals surface area contributed by atoms with E-state index in [0.29, 0.717) is 23.8 Å². The maximum atomic E-state index is 13.0. The van der Waals surface area contributed by atoms with Crippen LogP contribution in [0.15, 0.2) is 41.4 Å². The quantitative estimate of drug-likeness (QED) is 0.459. The van der Waals surface area contributed by atoms with E-state index in [2.05, 4.69) is 46.0 Å². The van der Waals surface area contributed by atoms with E-state index in [0.717, 1.165) is 51.0 Å². The zero-order valence-electron chi connectivity index (χ0n) is 19.7. The van der Waals surface area contributed by atoms with Gasteiger partial charge < -0.3 is 15.5 Å². The van der Waals surface area contributed by atoms with Crippen molar-refractivity contribution in [2.75, 3.05) is 42.3 Å². The molecule has 3 N–H and O–H groups in total. The second-order valence-electron chi connectivity index (χ2n) is 8.79. The molecule has 1 aliphatic rings. The molecule has 1 aliphatic heterocycles. The summed E-state index contributed by atoms with van der Waals surface area (Å²) < 4.78 is 28.5. The first-order valence-corrected chi connectivity index (χ1v) is 13.1. The zero-order chi connectivity index (χ0) is 23.8. The highest BCUT2D eigenvalue weighted by molar-refractivity contribution is 7.92. The van der Waals surface area contributed by atoms with Crippen molar-refractivity contribution < 1.29 is 13.2 Å². The predicted molar refractivity (Wildman–Crippen MR) is 132 cm³/mol. The number of carbonyl (C=O) groups excluding carboxylic acids is 1. The molecule has 3 rings (SSSR count). The number of nitrogens with one attached hydrogen (secondary N) is 3. The van der Waals surface area contributed by atoms with Crippen molar-refractivity contribution >= 4 is 27.4 Å². The highest BCUT2D eigenvalue weighted by Crippen LogP contribution is 2.24. The van der Waals surface area contributed by atoms with Crippen LogP contribution in [0.1, 0.15) is 49.5 Å². The molecule has 180 valence electrons. The van der Waals surface area contributed by atoms with E-state index >= 15 is 0 Å². The molecular formula is C24H35N5O3S. The van der Waals surface area contributed by atoms with Gasteiger partial charge in [0.05, 0.1) is 22.3 Å². The Labute approximate surface area is 197 Å². The molecule has 1 saturated heterocycles. The minimum atomic E-state index is -3.80. The summed E-state index contributed by atoms with van der Waals surface area (Å²) in [5.74, 6) is 0.822. The molecule has 0 saturated carbocycles. The normalized spacial score (nSPS) is 14.4. The number of amides is 1. The van der Waals surface area contributed by atoms with Crippen molar-refractivity contribution in [1.82, 2.24) is 15.6 Å². The Morgan fingerprint density at radius 1 is 1.18 bits per heavy atom. The summed E-state index contributed by atoms with van der Waals surface area (Å²) in [7, 11) is -3.80. The number of hydrogen-bond acceptors (Lipinski definition) is 6. The standard InChI is InChI=1S/C24H35N5O3S/c1-4-5-10-26-24(30)22-16-20(17-27-23(22)29-13-11-25-12-14-29)28-33(31,32)21-8-6-19(7-9-21)15-18(2)3/h6-9,16-18,25,28H,4-5,10-15H2,1-3H3,(H,26,30). The average molecular weight is 474 g/mol. The number of nitrogens with zero attached hydrogens (tertiary/aromatic N) is 2. The lowest BCUT2D eigenvalue weighted by Crippen LogP contribution is -2.44. The van der Waals surface area contributed by atoms with Gasteiger partial charge in [-0.2, -0.15) is 0 Å². The number of aromatic nitrogens is 1. The molecule has 2 heterocycles. The summed E-state index contributed by atoms with van der Waals surface area (Å²) in [6.07, 6.45) is 4.22. The minimum Gasteiger partial charge on any atom is -0.353 e. The van der Waals surface area contributed by atoms with Crippen LogP contribution >= 0.6 is 0 Å². The summed E-state index contributed by atoms with van der Waals surface area (Å²) >= 11 is 0. The van der Waals surface area contributed by atoms with Crippen LogP contribution in [-0.4, -0.2) is 52.0 Å². The van der Waals surface area contributed by atoms with Gasteiger partial charge >= 0.3 is 0 Å². The molecule has 2 aromatic rings. The number of pyridine rings is 1. The van der Waals surface area contributed by atoms with Crippen molar-refractivity contribution in [2.45, 2.75) is 44.9 Å². The number of unbranched alkanes of at least 4 members (excludes halogenated alkanes) is 1. The van der Waals surface area contributed by atoms with E-state index in [1.54, 1.807) is 18.2 Å². The van der Waals surface area contributed by atoms with Crippen LogP contribution in [0.5, 0.6) is 0 Å². The van der Waals surface area contributed by atoms with Crippen LogP contribution in [0, 0.1) is 5.92 Å². The largest absolute Gasteiger partial charge is 0.353 e. The fourth-order valence-electron chi connectivity index (χ4n) is 3.77. The molecule has 1 aromatic carbocycles. The Balaban J connectivity index is 1.84. The van der Waals surface area contributed by atoms with Gasteiger partial charge in [0.25, 0.3) is 15.9 Å². The Kier molecular flexibility index (Phi) is 8.68. The second-order valence-corrected chi connectivity index (χ2v) is 10.5. The summed E-state index contributed by atoms with van der Waals surface area (Å²) in [6, 6.07) is 8.48. The Morgan fingerprint density at radius 2 is 1.88 bits per heavy atom. The SMILES string of the molecule is CCCCNC(=O)c1cc(NS(=O)(=O)c2ccc(CC(C)C)cc2)cnc1N1CCNCC1. The van der Waals surface area contributed by atoms with Gasteiger partial charge in [-0.25, -0.2) is 13.4 Å². The lowest BCUT2D eigenvalue weighted by Gasteiger charge is -2.30. The number of rotatable bonds is 10. The average Bonchev–Trinajstić information content (AvgIpc) is 2.79. The molecule has 1 aromatic heterocycles. The van der Waals surface area contributed by atoms with E-state index < -0.39 is 10.0 Å². The lowest BCUT2D eigenvalue weighted by molar-refractivity contribution is 0.0953. The number of sulfonamides is 1. The number of hydrogen-bond donors (Lipinski definition) is 3. The molecule has 9 heteroatoms. The lowest BCUT2D eigenvalue weighted by atomic mass is 10.0. The maximum Gasteiger partial charge on any atom is 0.261 e. The number of anilines is 2. The van der Waals surface area contributed by atoms with E-state index in [-0.39, 0.29) is 16.5 Å². The molecular weight excluding hydrogens is 438 g/mol. The van der Waals surface area contributed by atoms with Crippen molar-refractivity contribution in [2.24, 2.45) is 5.92 Å². The third kappa shape index (κ3) is 6.91. The van der Waals surface area contributed by atoms with Crippen LogP contribution in [0.4, 0.5) is 11.5 Å². The summed E-state index contributed by atoms with van der Waals surface area (Å²) in [5.41, 5.74) is 1.73. The fraction of sp³-hybridized carbons (Fsp3) is 0.500. The smallest absolute Gasteiger partial charge is 0.261 e. The van der Waals surface area contributed by atoms with Crippen molar-refractivity contribution in [3.63, 3.8) is 0 Å². The first-order valence-electron chi connectivity index (χ1n) is 11.7. The van der Waals surface area contributed by atoms with E-state index in [4.69, 9.17) is 0 Å². The molecule has 33 heavy (non-hydrogen) atoms. The van der Waals surface area contributed by atoms with Crippen molar-refractivity contribution in [3.05, 3.63) is 47.7 Å².